The largest absolute Gasteiger partial charge is 0.353 e. The molecule has 164 valence electrons. The third-order valence-electron chi connectivity index (χ3n) is 6.16. The summed E-state index contributed by atoms with van der Waals surface area (Å²) >= 11 is 0. The second-order valence-electron chi connectivity index (χ2n) is 8.67. The van der Waals surface area contributed by atoms with Gasteiger partial charge in [-0.15, -0.1) is 5.10 Å². The second-order valence-corrected chi connectivity index (χ2v) is 8.67. The van der Waals surface area contributed by atoms with E-state index in [1.54, 1.807) is 18.3 Å². The minimum absolute atomic E-state index is 0.000239. The Hall–Kier alpha value is -3.03. The number of anilines is 2. The first kappa shape index (κ1) is 21.2. The van der Waals surface area contributed by atoms with Gasteiger partial charge in [-0.25, -0.2) is 4.39 Å². The molecule has 1 N–H and O–H groups in total. The number of carbonyl (C=O) groups is 2. The molecule has 0 radical (unpaired) electrons. The van der Waals surface area contributed by atoms with Gasteiger partial charge in [0.25, 0.3) is 0 Å². The van der Waals surface area contributed by atoms with Gasteiger partial charge in [0.1, 0.15) is 5.82 Å². The van der Waals surface area contributed by atoms with E-state index in [-0.39, 0.29) is 35.3 Å². The third-order valence-corrected chi connectivity index (χ3v) is 6.16. The van der Waals surface area contributed by atoms with Crippen molar-refractivity contribution in [1.82, 2.24) is 15.1 Å². The molecule has 2 aromatic rings. The fourth-order valence-corrected chi connectivity index (χ4v) is 4.21. The van der Waals surface area contributed by atoms with Crippen LogP contribution in [0.1, 0.15) is 38.2 Å². The molecule has 0 atom stereocenters. The van der Waals surface area contributed by atoms with Crippen LogP contribution in [0.2, 0.25) is 0 Å². The predicted molar refractivity (Wildman–Crippen MR) is 116 cm³/mol. The normalized spacial score (nSPS) is 17.5. The summed E-state index contributed by atoms with van der Waals surface area (Å²) in [5.41, 5.74) is 1.13. The summed E-state index contributed by atoms with van der Waals surface area (Å²) < 4.78 is 14.7. The molecule has 0 saturated carbocycles. The summed E-state index contributed by atoms with van der Waals surface area (Å²) in [5.74, 6) is 0.329. The van der Waals surface area contributed by atoms with E-state index in [0.717, 1.165) is 24.2 Å². The summed E-state index contributed by atoms with van der Waals surface area (Å²) in [7, 11) is 0. The number of nitrogens with zero attached hydrogens (tertiary/aromatic N) is 4. The SMILES string of the molecule is CC(C)C(=O)N1CCC(c2ccc(NC(=O)C3CN(c4cccnn4)C3)c(F)c2)CC1. The maximum Gasteiger partial charge on any atom is 0.231 e. The number of hydrogen-bond donors (Lipinski definition) is 1. The van der Waals surface area contributed by atoms with Crippen LogP contribution in [0.4, 0.5) is 15.9 Å². The average molecular weight is 426 g/mol. The van der Waals surface area contributed by atoms with E-state index >= 15 is 0 Å². The summed E-state index contributed by atoms with van der Waals surface area (Å²) in [5, 5.41) is 10.6. The molecule has 1 aromatic heterocycles. The Labute approximate surface area is 181 Å². The van der Waals surface area contributed by atoms with Gasteiger partial charge in [-0.05, 0) is 48.6 Å². The summed E-state index contributed by atoms with van der Waals surface area (Å²) in [6, 6.07) is 8.71. The number of amides is 2. The molecule has 4 rings (SSSR count). The van der Waals surface area contributed by atoms with Gasteiger partial charge in [0, 0.05) is 38.3 Å². The number of hydrogen-bond acceptors (Lipinski definition) is 5. The number of carbonyl (C=O) groups excluding carboxylic acids is 2. The first-order chi connectivity index (χ1) is 14.9. The van der Waals surface area contributed by atoms with Crippen LogP contribution in [0.3, 0.4) is 0 Å². The van der Waals surface area contributed by atoms with E-state index in [2.05, 4.69) is 15.5 Å². The van der Waals surface area contributed by atoms with Gasteiger partial charge in [-0.2, -0.15) is 5.10 Å². The minimum atomic E-state index is -0.420. The molecule has 0 bridgehead atoms. The molecule has 0 aliphatic carbocycles. The standard InChI is InChI=1S/C23H28FN5O2/c1-15(2)23(31)28-10-7-16(8-11-28)17-5-6-20(19(24)12-17)26-22(30)18-13-29(14-18)21-4-3-9-25-27-21/h3-6,9,12,15-16,18H,7-8,10-11,13-14H2,1-2H3,(H,26,30). The number of benzene rings is 1. The maximum atomic E-state index is 14.7. The smallest absolute Gasteiger partial charge is 0.231 e. The van der Waals surface area contributed by atoms with Gasteiger partial charge in [-0.1, -0.05) is 19.9 Å². The molecule has 2 saturated heterocycles. The average Bonchev–Trinajstić information content (AvgIpc) is 2.74. The zero-order valence-electron chi connectivity index (χ0n) is 17.9. The van der Waals surface area contributed by atoms with Crippen molar-refractivity contribution in [2.24, 2.45) is 11.8 Å². The molecular weight excluding hydrogens is 397 g/mol. The van der Waals surface area contributed by atoms with Crippen LogP contribution in [0.25, 0.3) is 0 Å². The number of aromatic nitrogens is 2. The molecule has 0 unspecified atom stereocenters. The number of likely N-dealkylation sites (tertiary alicyclic amines) is 1. The quantitative estimate of drug-likeness (QED) is 0.797. The van der Waals surface area contributed by atoms with Crippen molar-refractivity contribution >= 4 is 23.3 Å². The maximum absolute atomic E-state index is 14.7. The van der Waals surface area contributed by atoms with E-state index in [1.165, 1.54) is 6.07 Å². The van der Waals surface area contributed by atoms with Crippen LogP contribution < -0.4 is 10.2 Å². The zero-order valence-corrected chi connectivity index (χ0v) is 17.9. The van der Waals surface area contributed by atoms with Crippen LogP contribution in [0.15, 0.2) is 36.5 Å². The highest BCUT2D eigenvalue weighted by Crippen LogP contribution is 2.31. The van der Waals surface area contributed by atoms with Crippen molar-refractivity contribution in [2.45, 2.75) is 32.6 Å². The molecule has 2 amide bonds. The van der Waals surface area contributed by atoms with E-state index < -0.39 is 5.82 Å². The van der Waals surface area contributed by atoms with E-state index in [4.69, 9.17) is 0 Å². The van der Waals surface area contributed by atoms with Gasteiger partial charge in [0.2, 0.25) is 11.8 Å². The molecular formula is C23H28FN5O2. The lowest BCUT2D eigenvalue weighted by Crippen LogP contribution is -2.52. The van der Waals surface area contributed by atoms with Gasteiger partial charge in [0.05, 0.1) is 11.6 Å². The van der Waals surface area contributed by atoms with E-state index in [0.29, 0.717) is 26.2 Å². The predicted octanol–water partition coefficient (Wildman–Crippen LogP) is 3.05. The van der Waals surface area contributed by atoms with Crippen molar-refractivity contribution in [2.75, 3.05) is 36.4 Å². The second kappa shape index (κ2) is 8.99. The first-order valence-electron chi connectivity index (χ1n) is 10.8. The Morgan fingerprint density at radius 2 is 1.90 bits per heavy atom. The zero-order chi connectivity index (χ0) is 22.0. The molecule has 2 aliphatic heterocycles. The van der Waals surface area contributed by atoms with Gasteiger partial charge in [0.15, 0.2) is 5.82 Å². The van der Waals surface area contributed by atoms with Crippen molar-refractivity contribution < 1.29 is 14.0 Å². The number of halogens is 1. The van der Waals surface area contributed by atoms with Crippen LogP contribution in [0, 0.1) is 17.7 Å². The van der Waals surface area contributed by atoms with Crippen LogP contribution >= 0.6 is 0 Å². The Bertz CT molecular complexity index is 938. The Balaban J connectivity index is 1.30. The molecule has 7 nitrogen and oxygen atoms in total. The van der Waals surface area contributed by atoms with E-state index in [9.17, 15) is 14.0 Å². The van der Waals surface area contributed by atoms with Crippen LogP contribution in [-0.4, -0.2) is 53.1 Å². The fraction of sp³-hybridized carbons (Fsp3) is 0.478. The van der Waals surface area contributed by atoms with Crippen molar-refractivity contribution in [1.29, 1.82) is 0 Å². The molecule has 8 heteroatoms. The number of rotatable bonds is 5. The lowest BCUT2D eigenvalue weighted by atomic mass is 9.89. The topological polar surface area (TPSA) is 78.4 Å². The lowest BCUT2D eigenvalue weighted by molar-refractivity contribution is -0.135. The summed E-state index contributed by atoms with van der Waals surface area (Å²) in [4.78, 5) is 28.5. The lowest BCUT2D eigenvalue weighted by Gasteiger charge is -2.38. The summed E-state index contributed by atoms with van der Waals surface area (Å²) in [6.45, 7) is 6.30. The highest BCUT2D eigenvalue weighted by atomic mass is 19.1. The molecule has 0 spiro atoms. The van der Waals surface area contributed by atoms with Gasteiger partial charge in [-0.3, -0.25) is 9.59 Å². The Morgan fingerprint density at radius 3 is 2.52 bits per heavy atom. The fourth-order valence-electron chi connectivity index (χ4n) is 4.21. The van der Waals surface area contributed by atoms with Crippen molar-refractivity contribution in [3.8, 4) is 0 Å². The highest BCUT2D eigenvalue weighted by molar-refractivity contribution is 5.94. The van der Waals surface area contributed by atoms with Crippen LogP contribution in [0.5, 0.6) is 0 Å². The third kappa shape index (κ3) is 4.68. The van der Waals surface area contributed by atoms with Crippen molar-refractivity contribution in [3.63, 3.8) is 0 Å². The number of nitrogens with one attached hydrogen (secondary N) is 1. The highest BCUT2D eigenvalue weighted by Gasteiger charge is 2.34. The first-order valence-corrected chi connectivity index (χ1v) is 10.8. The minimum Gasteiger partial charge on any atom is -0.353 e. The molecule has 2 aliphatic rings. The van der Waals surface area contributed by atoms with Crippen LogP contribution in [-0.2, 0) is 9.59 Å². The molecule has 1 aromatic carbocycles. The summed E-state index contributed by atoms with van der Waals surface area (Å²) in [6.07, 6.45) is 3.25. The Kier molecular flexibility index (Phi) is 6.15. The van der Waals surface area contributed by atoms with E-state index in [1.807, 2.05) is 35.8 Å². The monoisotopic (exact) mass is 425 g/mol. The Morgan fingerprint density at radius 1 is 1.16 bits per heavy atom. The molecule has 31 heavy (non-hydrogen) atoms. The van der Waals surface area contributed by atoms with Gasteiger partial charge < -0.3 is 15.1 Å². The van der Waals surface area contributed by atoms with Crippen molar-refractivity contribution in [3.05, 3.63) is 47.9 Å². The molecule has 3 heterocycles. The molecule has 2 fully saturated rings. The van der Waals surface area contributed by atoms with Gasteiger partial charge >= 0.3 is 0 Å². The number of piperidine rings is 1.